The Bertz CT molecular complexity index is 902. The van der Waals surface area contributed by atoms with Crippen molar-refractivity contribution in [1.82, 2.24) is 4.90 Å². The third kappa shape index (κ3) is 5.03. The van der Waals surface area contributed by atoms with Crippen LogP contribution in [0.5, 0.6) is 28.7 Å². The molecular formula is C25H32NO6. The van der Waals surface area contributed by atoms with Crippen molar-refractivity contribution in [3.63, 3.8) is 0 Å². The normalized spacial score (nSPS) is 13.7. The summed E-state index contributed by atoms with van der Waals surface area (Å²) < 4.78 is 28.0. The van der Waals surface area contributed by atoms with E-state index in [1.165, 1.54) is 5.92 Å². The van der Waals surface area contributed by atoms with Gasteiger partial charge in [-0.1, -0.05) is 6.07 Å². The second-order valence-electron chi connectivity index (χ2n) is 7.25. The molecule has 3 rings (SSSR count). The summed E-state index contributed by atoms with van der Waals surface area (Å²) in [7, 11) is 3.24. The molecule has 1 aliphatic heterocycles. The van der Waals surface area contributed by atoms with Gasteiger partial charge in [0.25, 0.3) is 5.91 Å². The van der Waals surface area contributed by atoms with Crippen LogP contribution in [0.25, 0.3) is 0 Å². The predicted molar refractivity (Wildman–Crippen MR) is 122 cm³/mol. The molecule has 0 saturated carbocycles. The van der Waals surface area contributed by atoms with Crippen molar-refractivity contribution >= 4 is 5.91 Å². The van der Waals surface area contributed by atoms with Crippen LogP contribution in [-0.4, -0.2) is 57.9 Å². The van der Waals surface area contributed by atoms with Crippen molar-refractivity contribution in [3.05, 3.63) is 47.4 Å². The quantitative estimate of drug-likeness (QED) is 0.544. The van der Waals surface area contributed by atoms with E-state index in [1.54, 1.807) is 26.4 Å². The van der Waals surface area contributed by atoms with Crippen LogP contribution in [0.2, 0.25) is 0 Å². The largest absolute Gasteiger partial charge is 0.493 e. The molecule has 0 atom stereocenters. The van der Waals surface area contributed by atoms with Gasteiger partial charge >= 0.3 is 0 Å². The highest BCUT2D eigenvalue weighted by Gasteiger charge is 2.30. The van der Waals surface area contributed by atoms with Gasteiger partial charge in [-0.3, -0.25) is 4.79 Å². The highest BCUT2D eigenvalue weighted by Crippen LogP contribution is 2.40. The van der Waals surface area contributed by atoms with Crippen molar-refractivity contribution in [1.29, 1.82) is 0 Å². The highest BCUT2D eigenvalue weighted by molar-refractivity contribution is 5.96. The van der Waals surface area contributed by atoms with Gasteiger partial charge in [-0.25, -0.2) is 0 Å². The van der Waals surface area contributed by atoms with Crippen LogP contribution in [0.3, 0.4) is 0 Å². The minimum Gasteiger partial charge on any atom is -0.493 e. The smallest absolute Gasteiger partial charge is 0.254 e. The third-order valence-electron chi connectivity index (χ3n) is 5.30. The third-order valence-corrected chi connectivity index (χ3v) is 5.30. The minimum atomic E-state index is -0.0644. The summed E-state index contributed by atoms with van der Waals surface area (Å²) >= 11 is 0. The summed E-state index contributed by atoms with van der Waals surface area (Å²) in [4.78, 5) is 15.2. The van der Waals surface area contributed by atoms with E-state index in [0.29, 0.717) is 67.2 Å². The Morgan fingerprint density at radius 2 is 1.47 bits per heavy atom. The van der Waals surface area contributed by atoms with E-state index in [-0.39, 0.29) is 5.91 Å². The summed E-state index contributed by atoms with van der Waals surface area (Å²) in [5.41, 5.74) is 1.57. The molecule has 7 nitrogen and oxygen atoms in total. The molecule has 173 valence electrons. The summed E-state index contributed by atoms with van der Waals surface area (Å²) in [6.07, 6.45) is 0.800. The van der Waals surface area contributed by atoms with Crippen molar-refractivity contribution in [3.8, 4) is 28.7 Å². The van der Waals surface area contributed by atoms with E-state index in [1.807, 2.05) is 43.9 Å². The summed E-state index contributed by atoms with van der Waals surface area (Å²) in [5, 5.41) is 0. The zero-order valence-corrected chi connectivity index (χ0v) is 19.5. The molecule has 2 aromatic rings. The Morgan fingerprint density at radius 1 is 0.844 bits per heavy atom. The lowest BCUT2D eigenvalue weighted by Crippen LogP contribution is -2.28. The summed E-state index contributed by atoms with van der Waals surface area (Å²) in [6, 6.07) is 9.34. The van der Waals surface area contributed by atoms with Gasteiger partial charge in [0, 0.05) is 24.6 Å². The average molecular weight is 443 g/mol. The topological polar surface area (TPSA) is 66.5 Å². The zero-order chi connectivity index (χ0) is 23.1. The molecule has 0 bridgehead atoms. The van der Waals surface area contributed by atoms with Crippen LogP contribution < -0.4 is 23.7 Å². The maximum atomic E-state index is 13.3. The number of methoxy groups -OCH3 is 2. The number of ether oxygens (including phenoxy) is 5. The van der Waals surface area contributed by atoms with E-state index in [2.05, 4.69) is 0 Å². The number of nitrogens with zero attached hydrogens (tertiary/aromatic N) is 1. The van der Waals surface area contributed by atoms with Crippen molar-refractivity contribution in [2.75, 3.05) is 47.1 Å². The molecule has 0 spiro atoms. The first-order valence-electron chi connectivity index (χ1n) is 11.0. The maximum absolute atomic E-state index is 13.3. The Balaban J connectivity index is 1.83. The summed E-state index contributed by atoms with van der Waals surface area (Å²) in [5.74, 6) is 4.05. The molecule has 32 heavy (non-hydrogen) atoms. The number of rotatable bonds is 10. The molecular weight excluding hydrogens is 410 g/mol. The van der Waals surface area contributed by atoms with Crippen molar-refractivity contribution < 1.29 is 28.5 Å². The van der Waals surface area contributed by atoms with Crippen molar-refractivity contribution in [2.24, 2.45) is 0 Å². The lowest BCUT2D eigenvalue weighted by atomic mass is 9.98. The van der Waals surface area contributed by atoms with Crippen LogP contribution in [0.1, 0.15) is 43.1 Å². The van der Waals surface area contributed by atoms with E-state index in [9.17, 15) is 4.79 Å². The molecule has 0 aromatic heterocycles. The molecule has 2 aromatic carbocycles. The van der Waals surface area contributed by atoms with E-state index >= 15 is 0 Å². The Labute approximate surface area is 190 Å². The van der Waals surface area contributed by atoms with Crippen LogP contribution in [-0.2, 0) is 0 Å². The van der Waals surface area contributed by atoms with E-state index < -0.39 is 0 Å². The fraction of sp³-hybridized carbons (Fsp3) is 0.440. The Kier molecular flexibility index (Phi) is 8.09. The zero-order valence-electron chi connectivity index (χ0n) is 19.5. The Morgan fingerprint density at radius 3 is 2.03 bits per heavy atom. The highest BCUT2D eigenvalue weighted by atomic mass is 16.5. The molecule has 1 saturated heterocycles. The number of carbonyl (C=O) groups is 1. The lowest BCUT2D eigenvalue weighted by Gasteiger charge is -2.20. The van der Waals surface area contributed by atoms with E-state index in [4.69, 9.17) is 23.7 Å². The van der Waals surface area contributed by atoms with Gasteiger partial charge in [-0.2, -0.15) is 0 Å². The van der Waals surface area contributed by atoms with E-state index in [0.717, 1.165) is 12.0 Å². The van der Waals surface area contributed by atoms with Gasteiger partial charge in [0.05, 0.1) is 34.0 Å². The van der Waals surface area contributed by atoms with Crippen LogP contribution in [0.4, 0.5) is 0 Å². The molecule has 7 heteroatoms. The number of hydrogen-bond donors (Lipinski definition) is 0. The monoisotopic (exact) mass is 442 g/mol. The maximum Gasteiger partial charge on any atom is 0.254 e. The van der Waals surface area contributed by atoms with Gasteiger partial charge < -0.3 is 28.6 Å². The molecule has 1 radical (unpaired) electrons. The number of likely N-dealkylation sites (tertiary alicyclic amines) is 1. The van der Waals surface area contributed by atoms with Gasteiger partial charge in [0.2, 0.25) is 5.75 Å². The second-order valence-corrected chi connectivity index (χ2v) is 7.25. The fourth-order valence-electron chi connectivity index (χ4n) is 3.82. The minimum absolute atomic E-state index is 0.0644. The van der Waals surface area contributed by atoms with Gasteiger partial charge in [0.1, 0.15) is 0 Å². The predicted octanol–water partition coefficient (Wildman–Crippen LogP) is 4.37. The molecule has 0 unspecified atom stereocenters. The first kappa shape index (κ1) is 23.6. The average Bonchev–Trinajstić information content (AvgIpc) is 3.30. The summed E-state index contributed by atoms with van der Waals surface area (Å²) in [6.45, 7) is 8.29. The standard InChI is InChI=1S/C25H32NO6/c1-6-30-22-14-19(15-23(31-7-2)24(22)32-8-3)25(27)26-12-11-18(16-26)17-9-10-20(28-4)21(13-17)29-5/h9-10,13-15H,6-8,11-12,16H2,1-5H3. The fourth-order valence-corrected chi connectivity index (χ4v) is 3.82. The molecule has 1 amide bonds. The SMILES string of the molecule is CCOc1cc(C(=O)N2CC[C](c3ccc(OC)c(OC)c3)C2)cc(OCC)c1OCC. The molecule has 0 aliphatic carbocycles. The number of hydrogen-bond acceptors (Lipinski definition) is 6. The first-order valence-corrected chi connectivity index (χ1v) is 11.0. The van der Waals surface area contributed by atoms with Crippen LogP contribution >= 0.6 is 0 Å². The van der Waals surface area contributed by atoms with Crippen molar-refractivity contribution in [2.45, 2.75) is 27.2 Å². The molecule has 0 N–H and O–H groups in total. The van der Waals surface area contributed by atoms with Crippen LogP contribution in [0, 0.1) is 5.92 Å². The number of benzene rings is 2. The number of amides is 1. The molecule has 1 aliphatic rings. The van der Waals surface area contributed by atoms with Gasteiger partial charge in [-0.15, -0.1) is 0 Å². The molecule has 1 fully saturated rings. The Hall–Kier alpha value is -3.09. The lowest BCUT2D eigenvalue weighted by molar-refractivity contribution is 0.0793. The molecule has 1 heterocycles. The number of carbonyl (C=O) groups excluding carboxylic acids is 1. The van der Waals surface area contributed by atoms with Gasteiger partial charge in [-0.05, 0) is 57.0 Å². The first-order chi connectivity index (χ1) is 15.6. The second kappa shape index (κ2) is 11.0. The van der Waals surface area contributed by atoms with Crippen LogP contribution in [0.15, 0.2) is 30.3 Å². The van der Waals surface area contributed by atoms with Gasteiger partial charge in [0.15, 0.2) is 23.0 Å².